The molecule has 0 bridgehead atoms. The summed E-state index contributed by atoms with van der Waals surface area (Å²) in [5.74, 6) is -0.683. The van der Waals surface area contributed by atoms with Gasteiger partial charge in [-0.3, -0.25) is 4.79 Å². The molecule has 0 aromatic carbocycles. The Morgan fingerprint density at radius 2 is 2.24 bits per heavy atom. The summed E-state index contributed by atoms with van der Waals surface area (Å²) < 4.78 is 4.56. The fourth-order valence-corrected chi connectivity index (χ4v) is 1.16. The number of carbonyl (C=O) groups excluding carboxylic acids is 2. The second kappa shape index (κ2) is 5.64. The van der Waals surface area contributed by atoms with Crippen LogP contribution < -0.4 is 11.5 Å². The minimum Gasteiger partial charge on any atom is -0.465 e. The number of amides is 1. The molecule has 1 aromatic rings. The van der Waals surface area contributed by atoms with E-state index in [9.17, 15) is 9.59 Å². The molecule has 0 atom stereocenters. The van der Waals surface area contributed by atoms with Crippen molar-refractivity contribution in [1.82, 2.24) is 4.98 Å². The van der Waals surface area contributed by atoms with Crippen molar-refractivity contribution in [2.75, 3.05) is 12.8 Å². The molecular formula is C11H13N3O3. The van der Waals surface area contributed by atoms with Gasteiger partial charge in [-0.15, -0.1) is 0 Å². The molecule has 0 saturated carbocycles. The summed E-state index contributed by atoms with van der Waals surface area (Å²) in [5, 5.41) is 0. The molecule has 0 unspecified atom stereocenters. The van der Waals surface area contributed by atoms with E-state index in [2.05, 4.69) is 9.72 Å². The Hall–Kier alpha value is -2.37. The average Bonchev–Trinajstić information content (AvgIpc) is 2.30. The second-order valence-corrected chi connectivity index (χ2v) is 3.26. The van der Waals surface area contributed by atoms with Crippen LogP contribution in [-0.2, 0) is 9.53 Å². The van der Waals surface area contributed by atoms with E-state index in [0.717, 1.165) is 0 Å². The monoisotopic (exact) mass is 235 g/mol. The van der Waals surface area contributed by atoms with Crippen molar-refractivity contribution in [1.29, 1.82) is 0 Å². The Labute approximate surface area is 98.3 Å². The summed E-state index contributed by atoms with van der Waals surface area (Å²) in [4.78, 5) is 25.7. The van der Waals surface area contributed by atoms with E-state index in [1.165, 1.54) is 19.4 Å². The largest absolute Gasteiger partial charge is 0.465 e. The van der Waals surface area contributed by atoms with E-state index in [4.69, 9.17) is 11.5 Å². The maximum Gasteiger partial charge on any atom is 0.339 e. The van der Waals surface area contributed by atoms with E-state index in [0.29, 0.717) is 11.1 Å². The maximum absolute atomic E-state index is 11.3. The molecule has 1 heterocycles. The number of methoxy groups -OCH3 is 1. The third-order valence-corrected chi connectivity index (χ3v) is 1.99. The Morgan fingerprint density at radius 3 is 2.82 bits per heavy atom. The van der Waals surface area contributed by atoms with E-state index in [1.807, 2.05) is 0 Å². The summed E-state index contributed by atoms with van der Waals surface area (Å²) in [6.07, 6.45) is 4.56. The number of nitrogen functional groups attached to an aromatic ring is 1. The molecule has 17 heavy (non-hydrogen) atoms. The van der Waals surface area contributed by atoms with Crippen LogP contribution in [0.25, 0.3) is 6.08 Å². The van der Waals surface area contributed by atoms with Crippen LogP contribution in [0.3, 0.4) is 0 Å². The number of pyridine rings is 1. The van der Waals surface area contributed by atoms with Gasteiger partial charge in [-0.2, -0.15) is 0 Å². The number of aromatic nitrogens is 1. The summed E-state index contributed by atoms with van der Waals surface area (Å²) in [6, 6.07) is 1.53. The molecule has 1 amide bonds. The molecule has 1 rings (SSSR count). The molecule has 1 aromatic heterocycles. The Bertz CT molecular complexity index is 469. The van der Waals surface area contributed by atoms with Crippen molar-refractivity contribution in [3.63, 3.8) is 0 Å². The Morgan fingerprint density at radius 1 is 1.53 bits per heavy atom. The zero-order valence-electron chi connectivity index (χ0n) is 9.34. The van der Waals surface area contributed by atoms with Gasteiger partial charge in [0.1, 0.15) is 5.82 Å². The highest BCUT2D eigenvalue weighted by molar-refractivity contribution is 5.90. The number of hydrogen-bond donors (Lipinski definition) is 2. The average molecular weight is 235 g/mol. The first kappa shape index (κ1) is 12.7. The minimum atomic E-state index is -0.498. The van der Waals surface area contributed by atoms with Gasteiger partial charge in [-0.25, -0.2) is 9.78 Å². The molecule has 0 aliphatic carbocycles. The number of anilines is 1. The van der Waals surface area contributed by atoms with Crippen LogP contribution in [-0.4, -0.2) is 24.0 Å². The number of hydrogen-bond acceptors (Lipinski definition) is 5. The molecule has 90 valence electrons. The van der Waals surface area contributed by atoms with Gasteiger partial charge in [0.25, 0.3) is 0 Å². The molecule has 0 aliphatic rings. The molecule has 0 radical (unpaired) electrons. The van der Waals surface area contributed by atoms with E-state index in [1.54, 1.807) is 12.2 Å². The van der Waals surface area contributed by atoms with Gasteiger partial charge < -0.3 is 16.2 Å². The molecule has 0 fully saturated rings. The standard InChI is InChI=1S/C11H13N3O3/c1-17-11(16)8-5-7(10(13)14-6-8)3-2-4-9(12)15/h2-3,5-6H,4H2,1H3,(H2,12,15)(H2,13,14). The zero-order chi connectivity index (χ0) is 12.8. The molecule has 4 N–H and O–H groups in total. The number of ether oxygens (including phenoxy) is 1. The van der Waals surface area contributed by atoms with Crippen molar-refractivity contribution < 1.29 is 14.3 Å². The highest BCUT2D eigenvalue weighted by atomic mass is 16.5. The summed E-state index contributed by atoms with van der Waals surface area (Å²) >= 11 is 0. The lowest BCUT2D eigenvalue weighted by Crippen LogP contribution is -2.08. The van der Waals surface area contributed by atoms with Crippen molar-refractivity contribution >= 4 is 23.8 Å². The predicted molar refractivity (Wildman–Crippen MR) is 62.8 cm³/mol. The SMILES string of the molecule is COC(=O)c1cnc(N)c(C=CCC(N)=O)c1. The van der Waals surface area contributed by atoms with Crippen LogP contribution in [0.5, 0.6) is 0 Å². The fraction of sp³-hybridized carbons (Fsp3) is 0.182. The van der Waals surface area contributed by atoms with Gasteiger partial charge >= 0.3 is 5.97 Å². The van der Waals surface area contributed by atoms with Crippen LogP contribution in [0.2, 0.25) is 0 Å². The minimum absolute atomic E-state index is 0.0991. The van der Waals surface area contributed by atoms with E-state index < -0.39 is 11.9 Å². The number of rotatable bonds is 4. The van der Waals surface area contributed by atoms with Crippen LogP contribution in [0.4, 0.5) is 5.82 Å². The summed E-state index contributed by atoms with van der Waals surface area (Å²) in [7, 11) is 1.28. The van der Waals surface area contributed by atoms with Crippen molar-refractivity contribution in [3.8, 4) is 0 Å². The number of primary amides is 1. The molecule has 0 aliphatic heterocycles. The summed E-state index contributed by atoms with van der Waals surface area (Å²) in [5.41, 5.74) is 11.4. The van der Waals surface area contributed by atoms with Gasteiger partial charge in [-0.1, -0.05) is 12.2 Å². The zero-order valence-corrected chi connectivity index (χ0v) is 9.34. The van der Waals surface area contributed by atoms with Crippen molar-refractivity contribution in [2.24, 2.45) is 5.73 Å². The van der Waals surface area contributed by atoms with Gasteiger partial charge in [-0.05, 0) is 6.07 Å². The molecule has 6 nitrogen and oxygen atoms in total. The molecule has 0 saturated heterocycles. The first-order valence-corrected chi connectivity index (χ1v) is 4.83. The molecule has 6 heteroatoms. The molecular weight excluding hydrogens is 222 g/mol. The fourth-order valence-electron chi connectivity index (χ4n) is 1.16. The number of carbonyl (C=O) groups is 2. The highest BCUT2D eigenvalue weighted by Crippen LogP contribution is 2.13. The number of nitrogens with zero attached hydrogens (tertiary/aromatic N) is 1. The van der Waals surface area contributed by atoms with E-state index >= 15 is 0 Å². The Balaban J connectivity index is 2.94. The number of nitrogens with two attached hydrogens (primary N) is 2. The third kappa shape index (κ3) is 3.60. The predicted octanol–water partition coefficient (Wildman–Crippen LogP) is 0.339. The van der Waals surface area contributed by atoms with Gasteiger partial charge in [0.15, 0.2) is 0 Å². The topological polar surface area (TPSA) is 108 Å². The highest BCUT2D eigenvalue weighted by Gasteiger charge is 2.07. The second-order valence-electron chi connectivity index (χ2n) is 3.26. The van der Waals surface area contributed by atoms with Crippen LogP contribution >= 0.6 is 0 Å². The smallest absolute Gasteiger partial charge is 0.339 e. The lowest BCUT2D eigenvalue weighted by Gasteiger charge is -2.02. The van der Waals surface area contributed by atoms with Crippen molar-refractivity contribution in [3.05, 3.63) is 29.5 Å². The van der Waals surface area contributed by atoms with Crippen LogP contribution in [0.1, 0.15) is 22.3 Å². The quantitative estimate of drug-likeness (QED) is 0.731. The first-order chi connectivity index (χ1) is 8.04. The van der Waals surface area contributed by atoms with Gasteiger partial charge in [0, 0.05) is 18.2 Å². The number of esters is 1. The summed E-state index contributed by atoms with van der Waals surface area (Å²) in [6.45, 7) is 0. The van der Waals surface area contributed by atoms with E-state index in [-0.39, 0.29) is 12.2 Å². The lowest BCUT2D eigenvalue weighted by atomic mass is 10.1. The lowest BCUT2D eigenvalue weighted by molar-refractivity contribution is -0.117. The van der Waals surface area contributed by atoms with Crippen molar-refractivity contribution in [2.45, 2.75) is 6.42 Å². The normalized spacial score (nSPS) is 10.4. The van der Waals surface area contributed by atoms with Gasteiger partial charge in [0.05, 0.1) is 12.7 Å². The maximum atomic E-state index is 11.3. The first-order valence-electron chi connectivity index (χ1n) is 4.83. The molecule has 0 spiro atoms. The van der Waals surface area contributed by atoms with Gasteiger partial charge in [0.2, 0.25) is 5.91 Å². The third-order valence-electron chi connectivity index (χ3n) is 1.99. The Kier molecular flexibility index (Phi) is 4.21. The van der Waals surface area contributed by atoms with Crippen LogP contribution in [0.15, 0.2) is 18.3 Å². The van der Waals surface area contributed by atoms with Crippen LogP contribution in [0, 0.1) is 0 Å².